The molecule has 0 unspecified atom stereocenters. The molecule has 4 atom stereocenters. The Balaban J connectivity index is 1.74. The van der Waals surface area contributed by atoms with Gasteiger partial charge in [-0.2, -0.15) is 0 Å². The molecule has 3 aliphatic rings. The van der Waals surface area contributed by atoms with E-state index in [9.17, 15) is 4.79 Å². The summed E-state index contributed by atoms with van der Waals surface area (Å²) < 4.78 is 10.6. The molecule has 78 valence electrons. The fraction of sp³-hybridized carbons (Fsp3) is 0.900. The van der Waals surface area contributed by atoms with E-state index in [0.717, 1.165) is 12.8 Å². The van der Waals surface area contributed by atoms with Crippen LogP contribution in [0.5, 0.6) is 0 Å². The van der Waals surface area contributed by atoms with Gasteiger partial charge in [0.2, 0.25) is 0 Å². The number of hydrogen-bond donors (Lipinski definition) is 0. The van der Waals surface area contributed by atoms with Gasteiger partial charge in [-0.25, -0.2) is 4.79 Å². The van der Waals surface area contributed by atoms with Gasteiger partial charge in [-0.15, -0.1) is 0 Å². The minimum Gasteiger partial charge on any atom is -0.447 e. The zero-order valence-electron chi connectivity index (χ0n) is 8.31. The molecule has 3 rings (SSSR count). The van der Waals surface area contributed by atoms with E-state index in [0.29, 0.717) is 18.8 Å². The summed E-state index contributed by atoms with van der Waals surface area (Å²) in [6, 6.07) is 0.509. The van der Waals surface area contributed by atoms with Crippen LogP contribution >= 0.6 is 0 Å². The number of nitrogens with zero attached hydrogens (tertiary/aromatic N) is 1. The van der Waals surface area contributed by atoms with Crippen LogP contribution in [0.2, 0.25) is 0 Å². The van der Waals surface area contributed by atoms with Gasteiger partial charge in [-0.3, -0.25) is 4.90 Å². The number of carbonyl (C=O) groups excluding carboxylic acids is 1. The number of cyclic esters (lactones) is 1. The minimum absolute atomic E-state index is 0.132. The number of epoxide rings is 1. The lowest BCUT2D eigenvalue weighted by Gasteiger charge is -2.23. The zero-order chi connectivity index (χ0) is 9.71. The number of ether oxygens (including phenoxy) is 2. The summed E-state index contributed by atoms with van der Waals surface area (Å²) in [5.74, 6) is 0. The summed E-state index contributed by atoms with van der Waals surface area (Å²) in [5, 5.41) is 0. The molecule has 0 aromatic carbocycles. The van der Waals surface area contributed by atoms with Crippen LogP contribution < -0.4 is 0 Å². The third-order valence-electron chi connectivity index (χ3n) is 3.48. The standard InChI is InChI=1S/C10H15NO3/c1-2-3-4-6-8-9(14-8)7-5-13-10(12)11(6)7/h6-9H,2-5H2,1H3/t6-,7-,8-,9+/m0/s1. The Bertz CT molecular complexity index is 268. The van der Waals surface area contributed by atoms with Crippen molar-refractivity contribution in [3.63, 3.8) is 0 Å². The molecular formula is C10H15NO3. The third kappa shape index (κ3) is 1.00. The van der Waals surface area contributed by atoms with Crippen molar-refractivity contribution < 1.29 is 14.3 Å². The summed E-state index contributed by atoms with van der Waals surface area (Å²) in [4.78, 5) is 13.4. The quantitative estimate of drug-likeness (QED) is 0.637. The van der Waals surface area contributed by atoms with E-state index in [2.05, 4.69) is 6.92 Å². The van der Waals surface area contributed by atoms with Gasteiger partial charge in [0.15, 0.2) is 0 Å². The molecule has 0 saturated carbocycles. The molecule has 0 N–H and O–H groups in total. The van der Waals surface area contributed by atoms with Crippen molar-refractivity contribution in [2.24, 2.45) is 0 Å². The molecular weight excluding hydrogens is 182 g/mol. The number of morpholine rings is 1. The van der Waals surface area contributed by atoms with Crippen molar-refractivity contribution in [3.8, 4) is 0 Å². The van der Waals surface area contributed by atoms with Crippen LogP contribution in [0.1, 0.15) is 26.2 Å². The largest absolute Gasteiger partial charge is 0.447 e. The normalized spacial score (nSPS) is 43.5. The van der Waals surface area contributed by atoms with Crippen molar-refractivity contribution in [1.29, 1.82) is 0 Å². The number of amides is 1. The fourth-order valence-corrected chi connectivity index (χ4v) is 2.71. The Hall–Kier alpha value is -0.770. The maximum absolute atomic E-state index is 11.4. The van der Waals surface area contributed by atoms with Crippen LogP contribution in [0.3, 0.4) is 0 Å². The monoisotopic (exact) mass is 197 g/mol. The molecule has 4 nitrogen and oxygen atoms in total. The Morgan fingerprint density at radius 1 is 1.50 bits per heavy atom. The molecule has 3 saturated heterocycles. The highest BCUT2D eigenvalue weighted by molar-refractivity contribution is 5.72. The molecule has 3 fully saturated rings. The Morgan fingerprint density at radius 3 is 3.14 bits per heavy atom. The molecule has 0 aromatic heterocycles. The first-order chi connectivity index (χ1) is 6.83. The first-order valence-corrected chi connectivity index (χ1v) is 5.43. The van der Waals surface area contributed by atoms with Crippen LogP contribution in [0, 0.1) is 0 Å². The average Bonchev–Trinajstić information content (AvgIpc) is 2.78. The van der Waals surface area contributed by atoms with Crippen molar-refractivity contribution in [2.75, 3.05) is 6.61 Å². The first-order valence-electron chi connectivity index (χ1n) is 5.43. The van der Waals surface area contributed by atoms with Gasteiger partial charge in [0, 0.05) is 0 Å². The number of unbranched alkanes of at least 4 members (excludes halogenated alkanes) is 1. The highest BCUT2D eigenvalue weighted by Gasteiger charge is 2.64. The van der Waals surface area contributed by atoms with Gasteiger partial charge < -0.3 is 9.47 Å². The number of rotatable bonds is 3. The van der Waals surface area contributed by atoms with E-state index < -0.39 is 0 Å². The second kappa shape index (κ2) is 2.86. The van der Waals surface area contributed by atoms with Crippen LogP contribution in [0.25, 0.3) is 0 Å². The lowest BCUT2D eigenvalue weighted by Crippen LogP contribution is -2.40. The van der Waals surface area contributed by atoms with Gasteiger partial charge in [0.1, 0.15) is 18.8 Å². The molecule has 0 aliphatic carbocycles. The maximum atomic E-state index is 11.4. The molecule has 4 heteroatoms. The summed E-state index contributed by atoms with van der Waals surface area (Å²) in [6.45, 7) is 2.70. The number of fused-ring (bicyclic) bond motifs is 3. The van der Waals surface area contributed by atoms with E-state index in [1.54, 1.807) is 0 Å². The molecule has 14 heavy (non-hydrogen) atoms. The third-order valence-corrected chi connectivity index (χ3v) is 3.48. The number of hydrogen-bond acceptors (Lipinski definition) is 3. The second-order valence-electron chi connectivity index (χ2n) is 4.33. The lowest BCUT2D eigenvalue weighted by atomic mass is 10.1. The summed E-state index contributed by atoms with van der Waals surface area (Å²) >= 11 is 0. The molecule has 0 spiro atoms. The summed E-state index contributed by atoms with van der Waals surface area (Å²) in [5.41, 5.74) is 0. The predicted molar refractivity (Wildman–Crippen MR) is 48.9 cm³/mol. The molecule has 1 amide bonds. The van der Waals surface area contributed by atoms with Gasteiger partial charge in [-0.05, 0) is 6.42 Å². The van der Waals surface area contributed by atoms with Crippen molar-refractivity contribution >= 4 is 6.09 Å². The van der Waals surface area contributed by atoms with Gasteiger partial charge >= 0.3 is 6.09 Å². The molecule has 0 bridgehead atoms. The van der Waals surface area contributed by atoms with Crippen LogP contribution in [-0.4, -0.2) is 41.9 Å². The molecule has 0 radical (unpaired) electrons. The van der Waals surface area contributed by atoms with E-state index in [1.807, 2.05) is 4.90 Å². The molecule has 3 heterocycles. The summed E-state index contributed by atoms with van der Waals surface area (Å²) in [7, 11) is 0. The molecule has 0 aromatic rings. The first kappa shape index (κ1) is 8.53. The topological polar surface area (TPSA) is 42.1 Å². The van der Waals surface area contributed by atoms with Crippen LogP contribution in [0.15, 0.2) is 0 Å². The Labute approximate surface area is 83.2 Å². The van der Waals surface area contributed by atoms with Gasteiger partial charge in [0.05, 0.1) is 12.1 Å². The Morgan fingerprint density at radius 2 is 2.36 bits per heavy atom. The highest BCUT2D eigenvalue weighted by atomic mass is 16.6. The van der Waals surface area contributed by atoms with E-state index >= 15 is 0 Å². The fourth-order valence-electron chi connectivity index (χ4n) is 2.71. The van der Waals surface area contributed by atoms with Crippen LogP contribution in [0.4, 0.5) is 4.79 Å². The summed E-state index contributed by atoms with van der Waals surface area (Å²) in [6.07, 6.45) is 3.85. The lowest BCUT2D eigenvalue weighted by molar-refractivity contribution is 0.122. The predicted octanol–water partition coefficient (Wildman–Crippen LogP) is 1.15. The Kier molecular flexibility index (Phi) is 1.74. The van der Waals surface area contributed by atoms with E-state index in [4.69, 9.17) is 9.47 Å². The van der Waals surface area contributed by atoms with Crippen molar-refractivity contribution in [1.82, 2.24) is 4.90 Å². The maximum Gasteiger partial charge on any atom is 0.410 e. The van der Waals surface area contributed by atoms with E-state index in [1.165, 1.54) is 6.42 Å². The van der Waals surface area contributed by atoms with Crippen molar-refractivity contribution in [3.05, 3.63) is 0 Å². The van der Waals surface area contributed by atoms with E-state index in [-0.39, 0.29) is 18.2 Å². The molecule has 3 aliphatic heterocycles. The number of carbonyl (C=O) groups is 1. The SMILES string of the molecule is CCCC[C@H]1[C@@H]2O[C@@H]2[C@@H]2COC(=O)N12. The van der Waals surface area contributed by atoms with Crippen LogP contribution in [-0.2, 0) is 9.47 Å². The highest BCUT2D eigenvalue weighted by Crippen LogP contribution is 2.45. The minimum atomic E-state index is -0.132. The van der Waals surface area contributed by atoms with Crippen molar-refractivity contribution in [2.45, 2.75) is 50.5 Å². The van der Waals surface area contributed by atoms with Gasteiger partial charge in [0.25, 0.3) is 0 Å². The smallest absolute Gasteiger partial charge is 0.410 e. The second-order valence-corrected chi connectivity index (χ2v) is 4.33. The average molecular weight is 197 g/mol. The zero-order valence-corrected chi connectivity index (χ0v) is 8.31. The van der Waals surface area contributed by atoms with Gasteiger partial charge in [-0.1, -0.05) is 19.8 Å².